The van der Waals surface area contributed by atoms with Crippen LogP contribution in [0.1, 0.15) is 117 Å². The van der Waals surface area contributed by atoms with Gasteiger partial charge in [0.1, 0.15) is 0 Å². The monoisotopic (exact) mass is 468 g/mol. The van der Waals surface area contributed by atoms with E-state index in [-0.39, 0.29) is 22.4 Å². The normalized spacial score (nSPS) is 11.9. The molecule has 2 rings (SSSR count). The van der Waals surface area contributed by atoms with Gasteiger partial charge in [-0.05, 0) is 85.5 Å². The lowest BCUT2D eigenvalue weighted by Gasteiger charge is -2.25. The number of carbonyl (C=O) groups is 3. The van der Waals surface area contributed by atoms with Gasteiger partial charge in [0.05, 0.1) is 18.3 Å². The molecule has 5 nitrogen and oxygen atoms in total. The SMILES string of the molecule is CC(=O)c1cc(C(C)(C)C)cc(C(C)(C)O)c1.COC(=O)c1cc(C(C)=O)cc(C(C)(C)C)c1. The summed E-state index contributed by atoms with van der Waals surface area (Å²) < 4.78 is 4.69. The van der Waals surface area contributed by atoms with Gasteiger partial charge in [0.2, 0.25) is 0 Å². The van der Waals surface area contributed by atoms with Crippen LogP contribution >= 0.6 is 0 Å². The smallest absolute Gasteiger partial charge is 0.337 e. The molecule has 0 unspecified atom stereocenters. The van der Waals surface area contributed by atoms with Gasteiger partial charge in [-0.15, -0.1) is 0 Å². The van der Waals surface area contributed by atoms with E-state index in [1.54, 1.807) is 39.0 Å². The van der Waals surface area contributed by atoms with Crippen LogP contribution in [0.4, 0.5) is 0 Å². The topological polar surface area (TPSA) is 80.7 Å². The molecule has 0 atom stereocenters. The van der Waals surface area contributed by atoms with Gasteiger partial charge >= 0.3 is 5.97 Å². The first-order valence-electron chi connectivity index (χ1n) is 11.4. The summed E-state index contributed by atoms with van der Waals surface area (Å²) in [4.78, 5) is 34.5. The van der Waals surface area contributed by atoms with Crippen molar-refractivity contribution in [1.82, 2.24) is 0 Å². The molecule has 0 aliphatic heterocycles. The third kappa shape index (κ3) is 8.21. The maximum absolute atomic E-state index is 11.5. The first-order valence-corrected chi connectivity index (χ1v) is 11.4. The standard InChI is InChI=1S/C15H22O2.C14H18O3/c1-10(16)11-7-12(14(2,3)4)9-13(8-11)15(5,6)17;1-9(15)10-6-11(13(16)17-5)8-12(7-10)14(2,3)4/h7-9,17H,1-6H3;6-8H,1-5H3. The minimum atomic E-state index is -0.925. The minimum absolute atomic E-state index is 0.0293. The number of aliphatic hydroxyl groups is 1. The minimum Gasteiger partial charge on any atom is -0.465 e. The third-order valence-corrected chi connectivity index (χ3v) is 5.54. The quantitative estimate of drug-likeness (QED) is 0.415. The Bertz CT molecular complexity index is 1030. The lowest BCUT2D eigenvalue weighted by molar-refractivity contribution is 0.0600. The number of ketones is 2. The van der Waals surface area contributed by atoms with Crippen molar-refractivity contribution in [2.75, 3.05) is 7.11 Å². The molecule has 2 aromatic carbocycles. The van der Waals surface area contributed by atoms with Crippen molar-refractivity contribution in [3.63, 3.8) is 0 Å². The number of benzene rings is 2. The van der Waals surface area contributed by atoms with E-state index in [1.807, 2.05) is 39.0 Å². The average Bonchev–Trinajstić information content (AvgIpc) is 2.71. The summed E-state index contributed by atoms with van der Waals surface area (Å²) in [5, 5.41) is 10.1. The van der Waals surface area contributed by atoms with Crippen LogP contribution < -0.4 is 0 Å². The number of methoxy groups -OCH3 is 1. The molecule has 0 bridgehead atoms. The molecular weight excluding hydrogens is 428 g/mol. The molecule has 0 aromatic heterocycles. The molecule has 0 saturated heterocycles. The number of rotatable bonds is 4. The van der Waals surface area contributed by atoms with Crippen LogP contribution in [0, 0.1) is 0 Å². The second-order valence-corrected chi connectivity index (χ2v) is 11.3. The second-order valence-electron chi connectivity index (χ2n) is 11.3. The molecule has 0 aliphatic carbocycles. The molecule has 1 N–H and O–H groups in total. The van der Waals surface area contributed by atoms with Gasteiger partial charge in [0, 0.05) is 11.1 Å². The van der Waals surface area contributed by atoms with Gasteiger partial charge in [-0.3, -0.25) is 9.59 Å². The summed E-state index contributed by atoms with van der Waals surface area (Å²) in [6.07, 6.45) is 0. The van der Waals surface area contributed by atoms with Crippen molar-refractivity contribution in [2.45, 2.75) is 85.7 Å². The van der Waals surface area contributed by atoms with Crippen molar-refractivity contribution < 1.29 is 24.2 Å². The molecule has 0 radical (unpaired) electrons. The first kappa shape index (κ1) is 29.2. The van der Waals surface area contributed by atoms with E-state index < -0.39 is 11.6 Å². The van der Waals surface area contributed by atoms with Crippen molar-refractivity contribution in [1.29, 1.82) is 0 Å². The van der Waals surface area contributed by atoms with Crippen LogP contribution in [0.25, 0.3) is 0 Å². The lowest BCUT2D eigenvalue weighted by Crippen LogP contribution is -2.19. The fourth-order valence-electron chi connectivity index (χ4n) is 3.12. The van der Waals surface area contributed by atoms with E-state index >= 15 is 0 Å². The van der Waals surface area contributed by atoms with E-state index in [1.165, 1.54) is 14.0 Å². The van der Waals surface area contributed by atoms with Gasteiger partial charge in [-0.25, -0.2) is 4.79 Å². The highest BCUT2D eigenvalue weighted by atomic mass is 16.5. The zero-order valence-electron chi connectivity index (χ0n) is 22.5. The second kappa shape index (κ2) is 10.6. The largest absolute Gasteiger partial charge is 0.465 e. The Balaban J connectivity index is 0.000000340. The number of hydrogen-bond donors (Lipinski definition) is 1. The van der Waals surface area contributed by atoms with Crippen LogP contribution in [0.3, 0.4) is 0 Å². The van der Waals surface area contributed by atoms with Gasteiger partial charge in [0.15, 0.2) is 11.6 Å². The van der Waals surface area contributed by atoms with Gasteiger partial charge in [-0.2, -0.15) is 0 Å². The lowest BCUT2D eigenvalue weighted by atomic mass is 9.82. The Hall–Kier alpha value is -2.79. The number of Topliss-reactive ketones (excluding diaryl/α,β-unsaturated/α-hetero) is 2. The Kier molecular flexibility index (Phi) is 9.15. The van der Waals surface area contributed by atoms with Crippen molar-refractivity contribution in [3.8, 4) is 0 Å². The molecule has 0 saturated carbocycles. The summed E-state index contributed by atoms with van der Waals surface area (Å²) in [5.74, 6) is -0.443. The van der Waals surface area contributed by atoms with Gasteiger partial charge < -0.3 is 9.84 Å². The average molecular weight is 469 g/mol. The fraction of sp³-hybridized carbons (Fsp3) is 0.483. The maximum Gasteiger partial charge on any atom is 0.337 e. The molecule has 0 spiro atoms. The number of esters is 1. The highest BCUT2D eigenvalue weighted by Gasteiger charge is 2.22. The molecule has 0 amide bonds. The molecule has 0 fully saturated rings. The Morgan fingerprint density at radius 1 is 0.618 bits per heavy atom. The predicted octanol–water partition coefficient (Wildman–Crippen LogP) is 6.39. The van der Waals surface area contributed by atoms with Crippen LogP contribution in [0.2, 0.25) is 0 Å². The van der Waals surface area contributed by atoms with Crippen molar-refractivity contribution in [3.05, 3.63) is 69.8 Å². The van der Waals surface area contributed by atoms with Crippen LogP contribution in [-0.2, 0) is 21.2 Å². The van der Waals surface area contributed by atoms with E-state index in [4.69, 9.17) is 0 Å². The third-order valence-electron chi connectivity index (χ3n) is 5.54. The molecule has 0 aliphatic rings. The fourth-order valence-corrected chi connectivity index (χ4v) is 3.12. The van der Waals surface area contributed by atoms with Gasteiger partial charge in [-0.1, -0.05) is 47.6 Å². The summed E-state index contributed by atoms with van der Waals surface area (Å²) in [7, 11) is 1.33. The molecular formula is C29H40O5. The maximum atomic E-state index is 11.5. The molecule has 5 heteroatoms. The van der Waals surface area contributed by atoms with E-state index in [0.29, 0.717) is 16.7 Å². The summed E-state index contributed by atoms with van der Waals surface area (Å²) in [5.41, 5.74) is 3.35. The van der Waals surface area contributed by atoms with Crippen molar-refractivity contribution in [2.24, 2.45) is 0 Å². The number of hydrogen-bond acceptors (Lipinski definition) is 5. The van der Waals surface area contributed by atoms with Crippen molar-refractivity contribution >= 4 is 17.5 Å². The first-order chi connectivity index (χ1) is 15.3. The van der Waals surface area contributed by atoms with Gasteiger partial charge in [0.25, 0.3) is 0 Å². The Morgan fingerprint density at radius 3 is 1.32 bits per heavy atom. The van der Waals surface area contributed by atoms with E-state index in [9.17, 15) is 19.5 Å². The van der Waals surface area contributed by atoms with E-state index in [2.05, 4.69) is 25.5 Å². The van der Waals surface area contributed by atoms with Crippen LogP contribution in [0.5, 0.6) is 0 Å². The zero-order chi connectivity index (χ0) is 26.6. The Labute approximate surface area is 204 Å². The summed E-state index contributed by atoms with van der Waals surface area (Å²) >= 11 is 0. The highest BCUT2D eigenvalue weighted by Crippen LogP contribution is 2.29. The summed E-state index contributed by atoms with van der Waals surface area (Å²) in [6.45, 7) is 18.9. The molecule has 2 aromatic rings. The molecule has 34 heavy (non-hydrogen) atoms. The van der Waals surface area contributed by atoms with E-state index in [0.717, 1.165) is 16.7 Å². The highest BCUT2D eigenvalue weighted by molar-refractivity contribution is 5.98. The van der Waals surface area contributed by atoms with Crippen LogP contribution in [0.15, 0.2) is 36.4 Å². The van der Waals surface area contributed by atoms with Crippen LogP contribution in [-0.4, -0.2) is 29.8 Å². The summed E-state index contributed by atoms with van der Waals surface area (Å²) in [6, 6.07) is 10.8. The zero-order valence-corrected chi connectivity index (χ0v) is 22.5. The Morgan fingerprint density at radius 2 is 0.971 bits per heavy atom. The number of carbonyl (C=O) groups excluding carboxylic acids is 3. The number of ether oxygens (including phenoxy) is 1. The predicted molar refractivity (Wildman–Crippen MR) is 137 cm³/mol. The molecule has 186 valence electrons. The molecule has 0 heterocycles.